The zero-order valence-corrected chi connectivity index (χ0v) is 8.04. The molecular formula is C6H3ClF3N3O3. The van der Waals surface area contributed by atoms with Crippen molar-refractivity contribution in [3.63, 3.8) is 0 Å². The molecule has 1 heterocycles. The molecule has 6 nitrogen and oxygen atoms in total. The van der Waals surface area contributed by atoms with E-state index in [2.05, 4.69) is 9.72 Å². The van der Waals surface area contributed by atoms with E-state index in [1.165, 1.54) is 0 Å². The van der Waals surface area contributed by atoms with Gasteiger partial charge in [0.2, 0.25) is 10.9 Å². The largest absolute Gasteiger partial charge is 0.573 e. The fraction of sp³-hybridized carbons (Fsp3) is 0.167. The van der Waals surface area contributed by atoms with Gasteiger partial charge in [0.25, 0.3) is 0 Å². The summed E-state index contributed by atoms with van der Waals surface area (Å²) in [5.41, 5.74) is 4.49. The molecule has 0 amide bonds. The van der Waals surface area contributed by atoms with Gasteiger partial charge in [-0.2, -0.15) is 0 Å². The van der Waals surface area contributed by atoms with E-state index >= 15 is 0 Å². The maximum atomic E-state index is 11.9. The number of anilines is 1. The molecule has 1 aromatic heterocycles. The summed E-state index contributed by atoms with van der Waals surface area (Å²) in [7, 11) is 0. The monoisotopic (exact) mass is 257 g/mol. The van der Waals surface area contributed by atoms with E-state index in [0.717, 1.165) is 6.07 Å². The highest BCUT2D eigenvalue weighted by molar-refractivity contribution is 6.29. The normalized spacial score (nSPS) is 11.2. The number of nitrogens with two attached hydrogens (primary N) is 1. The molecule has 0 aliphatic carbocycles. The third kappa shape index (κ3) is 2.86. The predicted octanol–water partition coefficient (Wildman–Crippen LogP) is 2.12. The van der Waals surface area contributed by atoms with Crippen molar-refractivity contribution in [1.29, 1.82) is 0 Å². The van der Waals surface area contributed by atoms with Crippen LogP contribution in [0.15, 0.2) is 6.07 Å². The summed E-state index contributed by atoms with van der Waals surface area (Å²) >= 11 is 5.31. The van der Waals surface area contributed by atoms with E-state index in [1.807, 2.05) is 0 Å². The van der Waals surface area contributed by atoms with Crippen molar-refractivity contribution in [1.82, 2.24) is 4.98 Å². The van der Waals surface area contributed by atoms with Crippen LogP contribution in [0.25, 0.3) is 0 Å². The van der Waals surface area contributed by atoms with Crippen LogP contribution >= 0.6 is 11.6 Å². The first kappa shape index (κ1) is 12.3. The Bertz CT molecular complexity index is 437. The summed E-state index contributed by atoms with van der Waals surface area (Å²) in [4.78, 5) is 12.3. The number of halogens is 4. The van der Waals surface area contributed by atoms with Gasteiger partial charge in [-0.15, -0.1) is 13.2 Å². The minimum absolute atomic E-state index is 0.404. The smallest absolute Gasteiger partial charge is 0.395 e. The predicted molar refractivity (Wildman–Crippen MR) is 47.0 cm³/mol. The second-order valence-corrected chi connectivity index (χ2v) is 2.88. The first-order valence-corrected chi connectivity index (χ1v) is 3.94. The Kier molecular flexibility index (Phi) is 3.08. The van der Waals surface area contributed by atoms with Crippen LogP contribution < -0.4 is 10.5 Å². The van der Waals surface area contributed by atoms with E-state index in [0.29, 0.717) is 0 Å². The molecule has 0 aliphatic heterocycles. The SMILES string of the molecule is Nc1cc(Cl)nc([N+](=O)[O-])c1OC(F)(F)F. The highest BCUT2D eigenvalue weighted by Crippen LogP contribution is 2.36. The number of nitrogens with zero attached hydrogens (tertiary/aromatic N) is 2. The third-order valence-corrected chi connectivity index (χ3v) is 1.54. The number of nitrogen functional groups attached to an aromatic ring is 1. The first-order valence-electron chi connectivity index (χ1n) is 3.57. The minimum atomic E-state index is -5.10. The molecule has 1 aromatic rings. The van der Waals surface area contributed by atoms with Crippen molar-refractivity contribution in [3.05, 3.63) is 21.3 Å². The highest BCUT2D eigenvalue weighted by Gasteiger charge is 2.36. The zero-order chi connectivity index (χ0) is 12.5. The van der Waals surface area contributed by atoms with Crippen molar-refractivity contribution in [2.75, 3.05) is 5.73 Å². The average Bonchev–Trinajstić information content (AvgIpc) is 2.07. The van der Waals surface area contributed by atoms with Crippen molar-refractivity contribution in [2.45, 2.75) is 6.36 Å². The van der Waals surface area contributed by atoms with E-state index < -0.39 is 33.7 Å². The molecule has 16 heavy (non-hydrogen) atoms. The second kappa shape index (κ2) is 4.00. The summed E-state index contributed by atoms with van der Waals surface area (Å²) in [6, 6.07) is 0.815. The average molecular weight is 258 g/mol. The van der Waals surface area contributed by atoms with Gasteiger partial charge >= 0.3 is 12.2 Å². The Hall–Kier alpha value is -1.77. The maximum absolute atomic E-state index is 11.9. The van der Waals surface area contributed by atoms with Gasteiger partial charge in [0.1, 0.15) is 0 Å². The fourth-order valence-corrected chi connectivity index (χ4v) is 1.05. The summed E-state index contributed by atoms with van der Waals surface area (Å²) in [6.45, 7) is 0. The van der Waals surface area contributed by atoms with Crippen LogP contribution in [0.3, 0.4) is 0 Å². The van der Waals surface area contributed by atoms with Gasteiger partial charge in [-0.05, 0) is 21.5 Å². The number of pyridine rings is 1. The molecule has 1 rings (SSSR count). The molecule has 0 fully saturated rings. The molecule has 0 aromatic carbocycles. The molecule has 0 saturated carbocycles. The molecule has 88 valence electrons. The number of hydrogen-bond acceptors (Lipinski definition) is 5. The quantitative estimate of drug-likeness (QED) is 0.498. The van der Waals surface area contributed by atoms with Crippen LogP contribution in [0, 0.1) is 10.1 Å². The Morgan fingerprint density at radius 2 is 2.12 bits per heavy atom. The molecule has 0 bridgehead atoms. The topological polar surface area (TPSA) is 91.3 Å². The van der Waals surface area contributed by atoms with Crippen molar-refractivity contribution in [3.8, 4) is 5.75 Å². The number of nitro groups is 1. The van der Waals surface area contributed by atoms with Gasteiger partial charge in [0.05, 0.1) is 5.69 Å². The Balaban J connectivity index is 3.30. The summed E-state index contributed by atoms with van der Waals surface area (Å²) in [5.74, 6) is -2.37. The second-order valence-electron chi connectivity index (χ2n) is 2.49. The minimum Gasteiger partial charge on any atom is -0.395 e. The lowest BCUT2D eigenvalue weighted by Gasteiger charge is -2.10. The molecule has 0 atom stereocenters. The third-order valence-electron chi connectivity index (χ3n) is 1.34. The summed E-state index contributed by atoms with van der Waals surface area (Å²) in [6.07, 6.45) is -5.10. The number of hydrogen-bond donors (Lipinski definition) is 1. The highest BCUT2D eigenvalue weighted by atomic mass is 35.5. The maximum Gasteiger partial charge on any atom is 0.573 e. The van der Waals surface area contributed by atoms with E-state index in [1.54, 1.807) is 0 Å². The van der Waals surface area contributed by atoms with Crippen LogP contribution in [0.2, 0.25) is 5.15 Å². The summed E-state index contributed by atoms with van der Waals surface area (Å²) in [5, 5.41) is 9.99. The van der Waals surface area contributed by atoms with Gasteiger partial charge < -0.3 is 20.6 Å². The van der Waals surface area contributed by atoms with Crippen molar-refractivity contribution < 1.29 is 22.8 Å². The Labute approximate surface area is 90.9 Å². The lowest BCUT2D eigenvalue weighted by molar-refractivity contribution is -0.393. The van der Waals surface area contributed by atoms with Gasteiger partial charge in [-0.3, -0.25) is 0 Å². The number of aromatic nitrogens is 1. The van der Waals surface area contributed by atoms with Gasteiger partial charge in [-0.1, -0.05) is 0 Å². The first-order chi connectivity index (χ1) is 7.20. The lowest BCUT2D eigenvalue weighted by atomic mass is 10.3. The Morgan fingerprint density at radius 1 is 1.56 bits per heavy atom. The molecule has 0 unspecified atom stereocenters. The fourth-order valence-electron chi connectivity index (χ4n) is 0.851. The van der Waals surface area contributed by atoms with Crippen LogP contribution in [0.5, 0.6) is 5.75 Å². The van der Waals surface area contributed by atoms with E-state index in [-0.39, 0.29) is 0 Å². The van der Waals surface area contributed by atoms with Crippen molar-refractivity contribution >= 4 is 23.1 Å². The zero-order valence-electron chi connectivity index (χ0n) is 7.29. The number of alkyl halides is 3. The van der Waals surface area contributed by atoms with E-state index in [9.17, 15) is 23.3 Å². The van der Waals surface area contributed by atoms with Crippen LogP contribution in [0.4, 0.5) is 24.7 Å². The Morgan fingerprint density at radius 3 is 2.56 bits per heavy atom. The molecular weight excluding hydrogens is 255 g/mol. The summed E-state index contributed by atoms with van der Waals surface area (Å²) < 4.78 is 39.1. The van der Waals surface area contributed by atoms with Gasteiger partial charge in [0, 0.05) is 6.07 Å². The van der Waals surface area contributed by atoms with Crippen LogP contribution in [-0.2, 0) is 0 Å². The number of rotatable bonds is 2. The molecule has 0 aliphatic rings. The molecule has 0 saturated heterocycles. The van der Waals surface area contributed by atoms with Gasteiger partial charge in [-0.25, -0.2) is 0 Å². The van der Waals surface area contributed by atoms with Gasteiger partial charge in [0.15, 0.2) is 0 Å². The molecule has 0 radical (unpaired) electrons. The lowest BCUT2D eigenvalue weighted by Crippen LogP contribution is -2.19. The van der Waals surface area contributed by atoms with Crippen molar-refractivity contribution in [2.24, 2.45) is 0 Å². The van der Waals surface area contributed by atoms with Crippen LogP contribution in [0.1, 0.15) is 0 Å². The number of ether oxygens (including phenoxy) is 1. The standard InChI is InChI=1S/C6H3ClF3N3O3/c7-3-1-2(11)4(16-6(8,9)10)5(12-3)13(14)15/h1H,(H2,11,12). The molecule has 0 spiro atoms. The molecule has 10 heteroatoms. The van der Waals surface area contributed by atoms with E-state index in [4.69, 9.17) is 17.3 Å². The van der Waals surface area contributed by atoms with Crippen LogP contribution in [-0.4, -0.2) is 16.3 Å². The molecule has 2 N–H and O–H groups in total.